The van der Waals surface area contributed by atoms with E-state index >= 15 is 0 Å². The predicted molar refractivity (Wildman–Crippen MR) is 97.0 cm³/mol. The van der Waals surface area contributed by atoms with E-state index in [2.05, 4.69) is 10.6 Å². The highest BCUT2D eigenvalue weighted by Crippen LogP contribution is 2.02. The zero-order valence-electron chi connectivity index (χ0n) is 15.3. The topological polar surface area (TPSA) is 197 Å². The van der Waals surface area contributed by atoms with Crippen LogP contribution in [0.15, 0.2) is 30.3 Å². The van der Waals surface area contributed by atoms with Crippen LogP contribution < -0.4 is 21.7 Å². The number of alkyl carbamates (subject to hydrolysis) is 1. The van der Waals surface area contributed by atoms with Crippen LogP contribution in [0, 0.1) is 0 Å². The lowest BCUT2D eigenvalue weighted by Crippen LogP contribution is -2.56. The number of aliphatic hydroxyl groups is 1. The number of nitrogens with two attached hydrogens (primary N) is 1. The molecule has 2 atom stereocenters. The first kappa shape index (κ1) is 23.4. The highest BCUT2D eigenvalue weighted by atomic mass is 16.5. The molecule has 12 nitrogen and oxygen atoms in total. The molecule has 7 N–H and O–H groups in total. The normalized spacial score (nSPS) is 12.2. The zero-order valence-corrected chi connectivity index (χ0v) is 15.3. The molecule has 0 aromatic heterocycles. The molecule has 0 aliphatic carbocycles. The van der Waals surface area contributed by atoms with Crippen molar-refractivity contribution in [3.63, 3.8) is 0 Å². The number of hydrogen-bond donors (Lipinski definition) is 6. The fraction of sp³-hybridized carbons (Fsp3) is 0.353. The van der Waals surface area contributed by atoms with Gasteiger partial charge in [-0.15, -0.1) is 0 Å². The van der Waals surface area contributed by atoms with Crippen molar-refractivity contribution in [3.8, 4) is 0 Å². The molecule has 1 rings (SSSR count). The first-order valence-electron chi connectivity index (χ1n) is 8.39. The van der Waals surface area contributed by atoms with Crippen LogP contribution >= 0.6 is 0 Å². The maximum Gasteiger partial charge on any atom is 0.408 e. The highest BCUT2D eigenvalue weighted by molar-refractivity contribution is 5.94. The number of amides is 4. The standard InChI is InChI=1S/C17H22N4O8/c18-13(23)6-11(21-17(28)29-9-10-4-2-1-3-5-10)16(27)20-12(8-22)15(26)19-7-14(24)25/h1-5,11-12,22H,6-9H2,(H2,18,23)(H,19,26)(H,20,27)(H,21,28)(H,24,25)/t11-,12-/m0/s1. The van der Waals surface area contributed by atoms with Gasteiger partial charge in [0, 0.05) is 0 Å². The van der Waals surface area contributed by atoms with E-state index in [9.17, 15) is 29.1 Å². The Kier molecular flexibility index (Phi) is 9.61. The summed E-state index contributed by atoms with van der Waals surface area (Å²) in [6, 6.07) is 5.71. The van der Waals surface area contributed by atoms with Crippen LogP contribution in [0.4, 0.5) is 4.79 Å². The Bertz CT molecular complexity index is 740. The molecule has 0 saturated heterocycles. The molecule has 0 aliphatic heterocycles. The largest absolute Gasteiger partial charge is 0.480 e. The minimum absolute atomic E-state index is 0.0888. The quantitative estimate of drug-likeness (QED) is 0.237. The van der Waals surface area contributed by atoms with E-state index in [4.69, 9.17) is 15.6 Å². The maximum absolute atomic E-state index is 12.3. The maximum atomic E-state index is 12.3. The molecule has 0 radical (unpaired) electrons. The molecule has 12 heteroatoms. The van der Waals surface area contributed by atoms with E-state index in [1.165, 1.54) is 0 Å². The van der Waals surface area contributed by atoms with Crippen LogP contribution in [0.1, 0.15) is 12.0 Å². The number of carbonyl (C=O) groups is 5. The minimum Gasteiger partial charge on any atom is -0.480 e. The molecule has 0 spiro atoms. The fourth-order valence-electron chi connectivity index (χ4n) is 2.07. The van der Waals surface area contributed by atoms with Gasteiger partial charge in [-0.2, -0.15) is 0 Å². The van der Waals surface area contributed by atoms with Gasteiger partial charge in [0.25, 0.3) is 0 Å². The number of carboxylic acids is 1. The summed E-state index contributed by atoms with van der Waals surface area (Å²) in [4.78, 5) is 57.7. The fourth-order valence-corrected chi connectivity index (χ4v) is 2.07. The summed E-state index contributed by atoms with van der Waals surface area (Å²) in [5.41, 5.74) is 5.76. The summed E-state index contributed by atoms with van der Waals surface area (Å²) in [6.07, 6.45) is -1.60. The van der Waals surface area contributed by atoms with E-state index in [1.54, 1.807) is 30.3 Å². The van der Waals surface area contributed by atoms with Crippen LogP contribution in [-0.4, -0.2) is 65.2 Å². The number of nitrogens with one attached hydrogen (secondary N) is 3. The van der Waals surface area contributed by atoms with Gasteiger partial charge < -0.3 is 36.6 Å². The summed E-state index contributed by atoms with van der Waals surface area (Å²) in [6.45, 7) is -1.66. The van der Waals surface area contributed by atoms with Crippen LogP contribution in [0.3, 0.4) is 0 Å². The van der Waals surface area contributed by atoms with E-state index in [0.717, 1.165) is 0 Å². The number of ether oxygens (including phenoxy) is 1. The van der Waals surface area contributed by atoms with Gasteiger partial charge in [-0.1, -0.05) is 30.3 Å². The molecule has 158 valence electrons. The van der Waals surface area contributed by atoms with Crippen molar-refractivity contribution in [3.05, 3.63) is 35.9 Å². The lowest BCUT2D eigenvalue weighted by Gasteiger charge is -2.21. The van der Waals surface area contributed by atoms with Crippen molar-refractivity contribution in [2.75, 3.05) is 13.2 Å². The third-order valence-corrected chi connectivity index (χ3v) is 3.46. The lowest BCUT2D eigenvalue weighted by molar-refractivity contribution is -0.138. The molecule has 0 bridgehead atoms. The second-order valence-electron chi connectivity index (χ2n) is 5.78. The van der Waals surface area contributed by atoms with Crippen molar-refractivity contribution in [1.82, 2.24) is 16.0 Å². The number of hydrogen-bond acceptors (Lipinski definition) is 7. The first-order valence-corrected chi connectivity index (χ1v) is 8.39. The second kappa shape index (κ2) is 11.9. The number of primary amides is 1. The molecule has 29 heavy (non-hydrogen) atoms. The van der Waals surface area contributed by atoms with Gasteiger partial charge in [0.1, 0.15) is 25.2 Å². The summed E-state index contributed by atoms with van der Waals surface area (Å²) >= 11 is 0. The molecule has 0 unspecified atom stereocenters. The van der Waals surface area contributed by atoms with Crippen molar-refractivity contribution < 1.29 is 38.9 Å². The van der Waals surface area contributed by atoms with E-state index in [-0.39, 0.29) is 6.61 Å². The minimum atomic E-state index is -1.50. The number of carboxylic acid groups (broad SMARTS) is 1. The van der Waals surface area contributed by atoms with Crippen LogP contribution in [0.25, 0.3) is 0 Å². The molecular weight excluding hydrogens is 388 g/mol. The van der Waals surface area contributed by atoms with E-state index < -0.39 is 61.4 Å². The zero-order chi connectivity index (χ0) is 21.8. The number of aliphatic carboxylic acids is 1. The first-order chi connectivity index (χ1) is 13.7. The van der Waals surface area contributed by atoms with Gasteiger partial charge in [-0.3, -0.25) is 19.2 Å². The summed E-state index contributed by atoms with van der Waals surface area (Å²) < 4.78 is 4.96. The molecule has 0 fully saturated rings. The Balaban J connectivity index is 2.68. The number of aliphatic hydroxyl groups excluding tert-OH is 1. The average molecular weight is 410 g/mol. The number of rotatable bonds is 11. The Morgan fingerprint density at radius 1 is 1.00 bits per heavy atom. The smallest absolute Gasteiger partial charge is 0.408 e. The van der Waals surface area contributed by atoms with Crippen molar-refractivity contribution >= 4 is 29.8 Å². The Morgan fingerprint density at radius 3 is 2.21 bits per heavy atom. The molecule has 0 aliphatic rings. The number of carbonyl (C=O) groups excluding carboxylic acids is 4. The Hall–Kier alpha value is -3.67. The summed E-state index contributed by atoms with van der Waals surface area (Å²) in [7, 11) is 0. The van der Waals surface area contributed by atoms with Crippen molar-refractivity contribution in [2.24, 2.45) is 5.73 Å². The third kappa shape index (κ3) is 9.19. The van der Waals surface area contributed by atoms with Gasteiger partial charge in [0.05, 0.1) is 13.0 Å². The van der Waals surface area contributed by atoms with Crippen molar-refractivity contribution in [2.45, 2.75) is 25.1 Å². The van der Waals surface area contributed by atoms with Gasteiger partial charge in [0.15, 0.2) is 0 Å². The molecule has 1 aromatic rings. The highest BCUT2D eigenvalue weighted by Gasteiger charge is 2.28. The van der Waals surface area contributed by atoms with Gasteiger partial charge in [0.2, 0.25) is 17.7 Å². The van der Waals surface area contributed by atoms with Crippen LogP contribution in [0.5, 0.6) is 0 Å². The van der Waals surface area contributed by atoms with Gasteiger partial charge >= 0.3 is 12.1 Å². The second-order valence-corrected chi connectivity index (χ2v) is 5.78. The SMILES string of the molecule is NC(=O)C[C@H](NC(=O)OCc1ccccc1)C(=O)N[C@@H](CO)C(=O)NCC(=O)O. The Morgan fingerprint density at radius 2 is 1.66 bits per heavy atom. The number of benzene rings is 1. The predicted octanol–water partition coefficient (Wildman–Crippen LogP) is -2.17. The van der Waals surface area contributed by atoms with Gasteiger partial charge in [-0.05, 0) is 5.56 Å². The van der Waals surface area contributed by atoms with Crippen molar-refractivity contribution in [1.29, 1.82) is 0 Å². The summed E-state index contributed by atoms with van der Waals surface area (Å²) in [5.74, 6) is -4.20. The molecular formula is C17H22N4O8. The average Bonchev–Trinajstić information content (AvgIpc) is 2.68. The van der Waals surface area contributed by atoms with E-state index in [1.807, 2.05) is 5.32 Å². The summed E-state index contributed by atoms with van der Waals surface area (Å²) in [5, 5.41) is 24.0. The molecule has 0 heterocycles. The van der Waals surface area contributed by atoms with Crippen LogP contribution in [0.2, 0.25) is 0 Å². The molecule has 1 aromatic carbocycles. The lowest BCUT2D eigenvalue weighted by atomic mass is 10.1. The van der Waals surface area contributed by atoms with Gasteiger partial charge in [-0.25, -0.2) is 4.79 Å². The monoisotopic (exact) mass is 410 g/mol. The third-order valence-electron chi connectivity index (χ3n) is 3.46. The molecule has 0 saturated carbocycles. The van der Waals surface area contributed by atoms with E-state index in [0.29, 0.717) is 5.56 Å². The molecule has 4 amide bonds. The Labute approximate surface area is 165 Å². The van der Waals surface area contributed by atoms with Crippen LogP contribution in [-0.2, 0) is 30.5 Å².